The van der Waals surface area contributed by atoms with Crippen LogP contribution < -0.4 is 9.47 Å². The molecule has 140 valence electrons. The lowest BCUT2D eigenvalue weighted by atomic mass is 10.1. The van der Waals surface area contributed by atoms with Gasteiger partial charge in [0, 0.05) is 37.8 Å². The van der Waals surface area contributed by atoms with Crippen molar-refractivity contribution in [3.63, 3.8) is 0 Å². The van der Waals surface area contributed by atoms with Gasteiger partial charge in [-0.25, -0.2) is 0 Å². The van der Waals surface area contributed by atoms with Crippen LogP contribution in [0.5, 0.6) is 11.5 Å². The number of hydrogen-bond donors (Lipinski definition) is 0. The van der Waals surface area contributed by atoms with Gasteiger partial charge >= 0.3 is 0 Å². The molecule has 0 aromatic heterocycles. The maximum absolute atomic E-state index is 5.96. The van der Waals surface area contributed by atoms with Gasteiger partial charge in [-0.15, -0.1) is 0 Å². The molecule has 0 aliphatic carbocycles. The van der Waals surface area contributed by atoms with Crippen molar-refractivity contribution >= 4 is 0 Å². The van der Waals surface area contributed by atoms with Crippen molar-refractivity contribution in [3.05, 3.63) is 35.9 Å². The molecular weight excluding hydrogens is 316 g/mol. The Morgan fingerprint density at radius 2 is 2.08 bits per heavy atom. The molecule has 0 bridgehead atoms. The summed E-state index contributed by atoms with van der Waals surface area (Å²) in [4.78, 5) is 4.83. The van der Waals surface area contributed by atoms with Crippen LogP contribution in [0, 0.1) is 0 Å². The van der Waals surface area contributed by atoms with Crippen LogP contribution in [-0.2, 0) is 11.3 Å². The number of morpholine rings is 1. The second-order valence-corrected chi connectivity index (χ2v) is 6.89. The number of benzene rings is 1. The predicted octanol–water partition coefficient (Wildman–Crippen LogP) is 2.80. The van der Waals surface area contributed by atoms with Gasteiger partial charge in [-0.1, -0.05) is 18.7 Å². The average molecular weight is 348 g/mol. The molecule has 0 N–H and O–H groups in total. The second kappa shape index (κ2) is 9.80. The van der Waals surface area contributed by atoms with Crippen LogP contribution in [0.15, 0.2) is 30.4 Å². The van der Waals surface area contributed by atoms with Crippen molar-refractivity contribution in [2.45, 2.75) is 26.4 Å². The SMILES string of the molecule is C=C(C)COc1c(CN(C)C[C@H](C)N2CCOCC2)cccc1OC. The molecule has 1 aliphatic heterocycles. The minimum atomic E-state index is 0.499. The van der Waals surface area contributed by atoms with Gasteiger partial charge in [-0.05, 0) is 32.5 Å². The van der Waals surface area contributed by atoms with Crippen molar-refractivity contribution in [3.8, 4) is 11.5 Å². The van der Waals surface area contributed by atoms with E-state index in [0.717, 1.165) is 62.0 Å². The number of hydrogen-bond acceptors (Lipinski definition) is 5. The summed E-state index contributed by atoms with van der Waals surface area (Å²) in [7, 11) is 3.83. The van der Waals surface area contributed by atoms with Crippen molar-refractivity contribution in [2.75, 3.05) is 53.6 Å². The van der Waals surface area contributed by atoms with Crippen molar-refractivity contribution in [2.24, 2.45) is 0 Å². The Balaban J connectivity index is 2.00. The molecule has 1 aromatic rings. The highest BCUT2D eigenvalue weighted by Crippen LogP contribution is 2.32. The third kappa shape index (κ3) is 6.03. The maximum atomic E-state index is 5.96. The molecule has 1 saturated heterocycles. The molecule has 1 aliphatic rings. The van der Waals surface area contributed by atoms with Crippen LogP contribution in [0.1, 0.15) is 19.4 Å². The lowest BCUT2D eigenvalue weighted by Gasteiger charge is -2.34. The highest BCUT2D eigenvalue weighted by atomic mass is 16.5. The Kier molecular flexibility index (Phi) is 7.75. The van der Waals surface area contributed by atoms with Gasteiger partial charge in [0.25, 0.3) is 0 Å². The number of para-hydroxylation sites is 1. The Morgan fingerprint density at radius 1 is 1.36 bits per heavy atom. The first kappa shape index (κ1) is 19.8. The van der Waals surface area contributed by atoms with E-state index in [0.29, 0.717) is 12.6 Å². The number of rotatable bonds is 9. The molecule has 0 radical (unpaired) electrons. The molecule has 0 unspecified atom stereocenters. The Morgan fingerprint density at radius 3 is 2.72 bits per heavy atom. The average Bonchev–Trinajstić information content (AvgIpc) is 2.60. The van der Waals surface area contributed by atoms with E-state index in [4.69, 9.17) is 14.2 Å². The lowest BCUT2D eigenvalue weighted by Crippen LogP contribution is -2.46. The summed E-state index contributed by atoms with van der Waals surface area (Å²) in [5.74, 6) is 1.59. The Bertz CT molecular complexity index is 556. The molecule has 1 aromatic carbocycles. The number of likely N-dealkylation sites (N-methyl/N-ethyl adjacent to an activating group) is 1. The molecule has 0 spiro atoms. The first-order chi connectivity index (χ1) is 12.0. The monoisotopic (exact) mass is 348 g/mol. The molecule has 25 heavy (non-hydrogen) atoms. The number of methoxy groups -OCH3 is 1. The van der Waals surface area contributed by atoms with Crippen LogP contribution in [0.3, 0.4) is 0 Å². The topological polar surface area (TPSA) is 34.2 Å². The Hall–Kier alpha value is -1.56. The molecule has 1 heterocycles. The molecule has 0 amide bonds. The van der Waals surface area contributed by atoms with E-state index in [1.807, 2.05) is 19.1 Å². The maximum Gasteiger partial charge on any atom is 0.166 e. The van der Waals surface area contributed by atoms with Crippen LogP contribution in [0.4, 0.5) is 0 Å². The van der Waals surface area contributed by atoms with Crippen LogP contribution in [-0.4, -0.2) is 69.5 Å². The third-order valence-electron chi connectivity index (χ3n) is 4.43. The number of ether oxygens (including phenoxy) is 3. The summed E-state index contributed by atoms with van der Waals surface area (Å²) < 4.78 is 16.9. The van der Waals surface area contributed by atoms with Gasteiger partial charge in [0.05, 0.1) is 20.3 Å². The zero-order valence-electron chi connectivity index (χ0n) is 16.1. The minimum Gasteiger partial charge on any atom is -0.493 e. The molecule has 1 atom stereocenters. The molecule has 1 fully saturated rings. The summed E-state index contributed by atoms with van der Waals surface area (Å²) in [6.45, 7) is 14.2. The third-order valence-corrected chi connectivity index (χ3v) is 4.43. The van der Waals surface area contributed by atoms with Gasteiger partial charge in [-0.3, -0.25) is 4.90 Å². The number of nitrogens with zero attached hydrogens (tertiary/aromatic N) is 2. The highest BCUT2D eigenvalue weighted by molar-refractivity contribution is 5.46. The zero-order valence-corrected chi connectivity index (χ0v) is 16.1. The van der Waals surface area contributed by atoms with Gasteiger partial charge < -0.3 is 19.1 Å². The summed E-state index contributed by atoms with van der Waals surface area (Å²) in [6.07, 6.45) is 0. The fourth-order valence-electron chi connectivity index (χ4n) is 3.15. The summed E-state index contributed by atoms with van der Waals surface area (Å²) in [6, 6.07) is 6.56. The standard InChI is InChI=1S/C20H32N2O3/c1-16(2)15-25-20-18(7-6-8-19(20)23-5)14-21(4)13-17(3)22-9-11-24-12-10-22/h6-8,17H,1,9-15H2,2-5H3/t17-/m0/s1. The summed E-state index contributed by atoms with van der Waals surface area (Å²) in [5, 5.41) is 0. The Labute approximate surface area is 152 Å². The first-order valence-electron chi connectivity index (χ1n) is 8.94. The van der Waals surface area contributed by atoms with E-state index in [9.17, 15) is 0 Å². The minimum absolute atomic E-state index is 0.499. The van der Waals surface area contributed by atoms with E-state index >= 15 is 0 Å². The van der Waals surface area contributed by atoms with Gasteiger partial charge in [-0.2, -0.15) is 0 Å². The summed E-state index contributed by atoms with van der Waals surface area (Å²) >= 11 is 0. The molecule has 2 rings (SSSR count). The fourth-order valence-corrected chi connectivity index (χ4v) is 3.15. The van der Waals surface area contributed by atoms with E-state index in [1.165, 1.54) is 0 Å². The van der Waals surface area contributed by atoms with E-state index in [1.54, 1.807) is 7.11 Å². The quantitative estimate of drug-likeness (QED) is 0.641. The van der Waals surface area contributed by atoms with Crippen molar-refractivity contribution < 1.29 is 14.2 Å². The van der Waals surface area contributed by atoms with Gasteiger partial charge in [0.2, 0.25) is 0 Å². The van der Waals surface area contributed by atoms with Crippen LogP contribution in [0.25, 0.3) is 0 Å². The van der Waals surface area contributed by atoms with Crippen molar-refractivity contribution in [1.82, 2.24) is 9.80 Å². The van der Waals surface area contributed by atoms with Gasteiger partial charge in [0.1, 0.15) is 6.61 Å². The zero-order chi connectivity index (χ0) is 18.2. The van der Waals surface area contributed by atoms with E-state index in [-0.39, 0.29) is 0 Å². The molecule has 5 nitrogen and oxygen atoms in total. The normalized spacial score (nSPS) is 16.7. The smallest absolute Gasteiger partial charge is 0.166 e. The van der Waals surface area contributed by atoms with Crippen LogP contribution in [0.2, 0.25) is 0 Å². The fraction of sp³-hybridized carbons (Fsp3) is 0.600. The van der Waals surface area contributed by atoms with Gasteiger partial charge in [0.15, 0.2) is 11.5 Å². The molecular formula is C20H32N2O3. The van der Waals surface area contributed by atoms with E-state index < -0.39 is 0 Å². The molecule has 5 heteroatoms. The van der Waals surface area contributed by atoms with Crippen molar-refractivity contribution in [1.29, 1.82) is 0 Å². The first-order valence-corrected chi connectivity index (χ1v) is 8.94. The highest BCUT2D eigenvalue weighted by Gasteiger charge is 2.19. The van der Waals surface area contributed by atoms with E-state index in [2.05, 4.69) is 36.4 Å². The largest absolute Gasteiger partial charge is 0.493 e. The second-order valence-electron chi connectivity index (χ2n) is 6.89. The lowest BCUT2D eigenvalue weighted by molar-refractivity contribution is 0.0136. The summed E-state index contributed by atoms with van der Waals surface area (Å²) in [5.41, 5.74) is 2.13. The van der Waals surface area contributed by atoms with Crippen LogP contribution >= 0.6 is 0 Å². The predicted molar refractivity (Wildman–Crippen MR) is 101 cm³/mol. The molecule has 0 saturated carbocycles.